The van der Waals surface area contributed by atoms with E-state index in [0.717, 1.165) is 19.5 Å². The summed E-state index contributed by atoms with van der Waals surface area (Å²) in [5.74, 6) is 0. The van der Waals surface area contributed by atoms with Gasteiger partial charge in [-0.1, -0.05) is 18.2 Å². The Morgan fingerprint density at radius 2 is 2.00 bits per heavy atom. The third-order valence-corrected chi connectivity index (χ3v) is 3.30. The van der Waals surface area contributed by atoms with E-state index in [-0.39, 0.29) is 0 Å². The number of hydrogen-bond acceptors (Lipinski definition) is 2. The molecule has 1 aliphatic heterocycles. The van der Waals surface area contributed by atoms with E-state index in [0.29, 0.717) is 0 Å². The van der Waals surface area contributed by atoms with Crippen molar-refractivity contribution in [2.75, 3.05) is 6.54 Å². The van der Waals surface area contributed by atoms with Crippen LogP contribution in [0.1, 0.15) is 16.7 Å². The van der Waals surface area contributed by atoms with E-state index in [4.69, 9.17) is 0 Å². The molecular formula is C15H16N2. The van der Waals surface area contributed by atoms with Gasteiger partial charge in [-0.3, -0.25) is 4.98 Å². The first-order valence-corrected chi connectivity index (χ1v) is 6.07. The van der Waals surface area contributed by atoms with Crippen molar-refractivity contribution in [2.45, 2.75) is 19.9 Å². The molecule has 2 heteroatoms. The van der Waals surface area contributed by atoms with Crippen molar-refractivity contribution in [3.8, 4) is 11.1 Å². The lowest BCUT2D eigenvalue weighted by Crippen LogP contribution is -2.23. The molecule has 0 saturated carbocycles. The minimum absolute atomic E-state index is 1.00. The highest BCUT2D eigenvalue weighted by molar-refractivity contribution is 5.64. The summed E-state index contributed by atoms with van der Waals surface area (Å²) >= 11 is 0. The molecule has 0 spiro atoms. The van der Waals surface area contributed by atoms with Gasteiger partial charge in [0.25, 0.3) is 0 Å². The second kappa shape index (κ2) is 4.30. The molecule has 0 bridgehead atoms. The van der Waals surface area contributed by atoms with Gasteiger partial charge < -0.3 is 5.32 Å². The molecule has 0 amide bonds. The molecule has 1 aliphatic rings. The summed E-state index contributed by atoms with van der Waals surface area (Å²) in [6, 6.07) is 8.93. The van der Waals surface area contributed by atoms with Gasteiger partial charge in [0.1, 0.15) is 0 Å². The molecule has 0 aliphatic carbocycles. The first kappa shape index (κ1) is 10.5. The highest BCUT2D eigenvalue weighted by Crippen LogP contribution is 2.24. The number of aryl methyl sites for hydroxylation is 1. The number of aromatic nitrogens is 1. The van der Waals surface area contributed by atoms with Crippen molar-refractivity contribution in [1.29, 1.82) is 0 Å². The number of pyridine rings is 1. The van der Waals surface area contributed by atoms with Gasteiger partial charge in [-0.25, -0.2) is 0 Å². The molecule has 86 valence electrons. The third kappa shape index (κ3) is 2.08. The van der Waals surface area contributed by atoms with Crippen LogP contribution >= 0.6 is 0 Å². The van der Waals surface area contributed by atoms with E-state index < -0.39 is 0 Å². The van der Waals surface area contributed by atoms with E-state index >= 15 is 0 Å². The van der Waals surface area contributed by atoms with Gasteiger partial charge in [0.05, 0.1) is 0 Å². The van der Waals surface area contributed by atoms with Crippen molar-refractivity contribution in [2.24, 2.45) is 0 Å². The Hall–Kier alpha value is -1.67. The second-order valence-corrected chi connectivity index (χ2v) is 4.66. The lowest BCUT2D eigenvalue weighted by molar-refractivity contribution is 0.644. The maximum Gasteiger partial charge on any atom is 0.0346 e. The van der Waals surface area contributed by atoms with Crippen LogP contribution in [-0.4, -0.2) is 11.5 Å². The number of hydrogen-bond donors (Lipinski definition) is 1. The van der Waals surface area contributed by atoms with E-state index in [9.17, 15) is 0 Å². The van der Waals surface area contributed by atoms with Crippen molar-refractivity contribution >= 4 is 0 Å². The van der Waals surface area contributed by atoms with Crippen molar-refractivity contribution < 1.29 is 0 Å². The van der Waals surface area contributed by atoms with Crippen molar-refractivity contribution in [1.82, 2.24) is 10.3 Å². The Morgan fingerprint density at radius 3 is 2.88 bits per heavy atom. The van der Waals surface area contributed by atoms with Crippen LogP contribution in [0.25, 0.3) is 11.1 Å². The Bertz CT molecular complexity index is 546. The van der Waals surface area contributed by atoms with E-state index in [2.05, 4.69) is 41.5 Å². The summed E-state index contributed by atoms with van der Waals surface area (Å²) in [7, 11) is 0. The third-order valence-electron chi connectivity index (χ3n) is 3.30. The average Bonchev–Trinajstić information content (AvgIpc) is 2.38. The smallest absolute Gasteiger partial charge is 0.0346 e. The van der Waals surface area contributed by atoms with E-state index in [1.54, 1.807) is 0 Å². The molecule has 0 radical (unpaired) electrons. The topological polar surface area (TPSA) is 24.9 Å². The van der Waals surface area contributed by atoms with Gasteiger partial charge in [0.2, 0.25) is 0 Å². The van der Waals surface area contributed by atoms with Crippen LogP contribution in [0, 0.1) is 6.92 Å². The largest absolute Gasteiger partial charge is 0.312 e. The Labute approximate surface area is 102 Å². The monoisotopic (exact) mass is 224 g/mol. The molecule has 3 rings (SSSR count). The Morgan fingerprint density at radius 1 is 1.06 bits per heavy atom. The van der Waals surface area contributed by atoms with Crippen LogP contribution in [0.2, 0.25) is 0 Å². The molecule has 2 aromatic rings. The van der Waals surface area contributed by atoms with Gasteiger partial charge in [0, 0.05) is 24.5 Å². The quantitative estimate of drug-likeness (QED) is 0.805. The van der Waals surface area contributed by atoms with Crippen LogP contribution < -0.4 is 5.32 Å². The molecule has 2 heterocycles. The summed E-state index contributed by atoms with van der Waals surface area (Å²) in [4.78, 5) is 4.26. The molecule has 0 atom stereocenters. The fourth-order valence-corrected chi connectivity index (χ4v) is 2.37. The fraction of sp³-hybridized carbons (Fsp3) is 0.267. The highest BCUT2D eigenvalue weighted by Gasteiger charge is 2.09. The number of nitrogens with one attached hydrogen (secondary N) is 1. The maximum atomic E-state index is 4.26. The van der Waals surface area contributed by atoms with Gasteiger partial charge >= 0.3 is 0 Å². The molecule has 2 nitrogen and oxygen atoms in total. The van der Waals surface area contributed by atoms with Crippen molar-refractivity contribution in [3.63, 3.8) is 0 Å². The minimum atomic E-state index is 1.00. The molecule has 0 fully saturated rings. The zero-order valence-corrected chi connectivity index (χ0v) is 10.0. The molecule has 17 heavy (non-hydrogen) atoms. The molecular weight excluding hydrogens is 208 g/mol. The lowest BCUT2D eigenvalue weighted by Gasteiger charge is -2.17. The standard InChI is InChI=1S/C15H16N2/c1-11-6-15(10-17-8-11)12-2-3-14-9-16-5-4-13(14)7-12/h2-3,6-8,10,16H,4-5,9H2,1H3. The number of benzene rings is 1. The number of nitrogens with zero attached hydrogens (tertiary/aromatic N) is 1. The predicted molar refractivity (Wildman–Crippen MR) is 69.8 cm³/mol. The maximum absolute atomic E-state index is 4.26. The van der Waals surface area contributed by atoms with E-state index in [1.807, 2.05) is 12.4 Å². The number of fused-ring (bicyclic) bond motifs is 1. The normalized spacial score (nSPS) is 14.4. The van der Waals surface area contributed by atoms with Gasteiger partial charge in [0.15, 0.2) is 0 Å². The second-order valence-electron chi connectivity index (χ2n) is 4.66. The predicted octanol–water partition coefficient (Wildman–Crippen LogP) is 2.70. The summed E-state index contributed by atoms with van der Waals surface area (Å²) in [6.45, 7) is 4.17. The summed E-state index contributed by atoms with van der Waals surface area (Å²) in [5.41, 5.74) is 6.61. The minimum Gasteiger partial charge on any atom is -0.312 e. The average molecular weight is 224 g/mol. The Balaban J connectivity index is 2.04. The lowest BCUT2D eigenvalue weighted by atomic mass is 9.96. The molecule has 1 N–H and O–H groups in total. The van der Waals surface area contributed by atoms with Crippen LogP contribution in [0.5, 0.6) is 0 Å². The SMILES string of the molecule is Cc1cncc(-c2ccc3c(c2)CCNC3)c1. The Kier molecular flexibility index (Phi) is 2.65. The zero-order chi connectivity index (χ0) is 11.7. The molecule has 0 unspecified atom stereocenters. The fourth-order valence-electron chi connectivity index (χ4n) is 2.37. The summed E-state index contributed by atoms with van der Waals surface area (Å²) < 4.78 is 0. The molecule has 1 aromatic carbocycles. The van der Waals surface area contributed by atoms with Crippen molar-refractivity contribution in [3.05, 3.63) is 53.3 Å². The van der Waals surface area contributed by atoms with Crippen LogP contribution in [0.15, 0.2) is 36.7 Å². The number of rotatable bonds is 1. The summed E-state index contributed by atoms with van der Waals surface area (Å²) in [6.07, 6.45) is 4.96. The molecule has 0 saturated heterocycles. The van der Waals surface area contributed by atoms with Crippen LogP contribution in [0.3, 0.4) is 0 Å². The van der Waals surface area contributed by atoms with Gasteiger partial charge in [-0.05, 0) is 48.2 Å². The van der Waals surface area contributed by atoms with Gasteiger partial charge in [-0.15, -0.1) is 0 Å². The summed E-state index contributed by atoms with van der Waals surface area (Å²) in [5, 5.41) is 3.40. The van der Waals surface area contributed by atoms with Crippen LogP contribution in [-0.2, 0) is 13.0 Å². The first-order chi connectivity index (χ1) is 8.33. The molecule has 1 aromatic heterocycles. The van der Waals surface area contributed by atoms with E-state index in [1.165, 1.54) is 27.8 Å². The first-order valence-electron chi connectivity index (χ1n) is 6.07. The zero-order valence-electron chi connectivity index (χ0n) is 10.0. The highest BCUT2D eigenvalue weighted by atomic mass is 14.9. The van der Waals surface area contributed by atoms with Gasteiger partial charge in [-0.2, -0.15) is 0 Å². The van der Waals surface area contributed by atoms with Crippen LogP contribution in [0.4, 0.5) is 0 Å².